The molecular formula is C13H21N5O. The third-order valence-corrected chi connectivity index (χ3v) is 3.30. The minimum atomic E-state index is -0.277. The number of nitrogens with zero attached hydrogens (tertiary/aromatic N) is 3. The Bertz CT molecular complexity index is 462. The van der Waals surface area contributed by atoms with Gasteiger partial charge in [-0.1, -0.05) is 0 Å². The standard InChI is InChI=1S/C13H21N5O/c1-3-15-13-16-9(2)8-11(17-13)18-7-5-4-6-10(18)12(14)19/h8,10H,3-7H2,1-2H3,(H2,14,19)(H,15,16,17). The summed E-state index contributed by atoms with van der Waals surface area (Å²) >= 11 is 0. The first-order valence-corrected chi connectivity index (χ1v) is 6.77. The molecule has 0 radical (unpaired) electrons. The molecule has 1 saturated heterocycles. The number of carbonyl (C=O) groups is 1. The lowest BCUT2D eigenvalue weighted by molar-refractivity contribution is -0.119. The van der Waals surface area contributed by atoms with Crippen LogP contribution in [0.2, 0.25) is 0 Å². The number of carbonyl (C=O) groups excluding carboxylic acids is 1. The van der Waals surface area contributed by atoms with Gasteiger partial charge in [-0.3, -0.25) is 4.79 Å². The van der Waals surface area contributed by atoms with Gasteiger partial charge in [0.2, 0.25) is 11.9 Å². The molecule has 1 atom stereocenters. The number of hydrogen-bond donors (Lipinski definition) is 2. The Kier molecular flexibility index (Phi) is 4.19. The fourth-order valence-corrected chi connectivity index (χ4v) is 2.44. The van der Waals surface area contributed by atoms with Crippen molar-refractivity contribution in [2.24, 2.45) is 5.73 Å². The maximum atomic E-state index is 11.6. The van der Waals surface area contributed by atoms with Gasteiger partial charge < -0.3 is 16.0 Å². The number of rotatable bonds is 4. The molecule has 2 rings (SSSR count). The van der Waals surface area contributed by atoms with Crippen LogP contribution in [-0.2, 0) is 4.79 Å². The number of aryl methyl sites for hydroxylation is 1. The van der Waals surface area contributed by atoms with Crippen LogP contribution in [0, 0.1) is 6.92 Å². The molecule has 1 aromatic rings. The maximum Gasteiger partial charge on any atom is 0.240 e. The zero-order valence-corrected chi connectivity index (χ0v) is 11.5. The van der Waals surface area contributed by atoms with Gasteiger partial charge in [0.15, 0.2) is 0 Å². The molecule has 3 N–H and O–H groups in total. The second-order valence-corrected chi connectivity index (χ2v) is 4.83. The molecule has 19 heavy (non-hydrogen) atoms. The first kappa shape index (κ1) is 13.6. The van der Waals surface area contributed by atoms with Crippen LogP contribution in [-0.4, -0.2) is 35.0 Å². The van der Waals surface area contributed by atoms with Crippen LogP contribution >= 0.6 is 0 Å². The number of anilines is 2. The van der Waals surface area contributed by atoms with E-state index in [4.69, 9.17) is 5.73 Å². The van der Waals surface area contributed by atoms with Gasteiger partial charge in [0.05, 0.1) is 0 Å². The first-order chi connectivity index (χ1) is 9.11. The molecule has 0 saturated carbocycles. The molecule has 1 fully saturated rings. The van der Waals surface area contributed by atoms with Crippen molar-refractivity contribution in [3.05, 3.63) is 11.8 Å². The van der Waals surface area contributed by atoms with E-state index in [1.165, 1.54) is 0 Å². The summed E-state index contributed by atoms with van der Waals surface area (Å²) < 4.78 is 0. The second-order valence-electron chi connectivity index (χ2n) is 4.83. The fraction of sp³-hybridized carbons (Fsp3) is 0.615. The average molecular weight is 263 g/mol. The Labute approximate surface area is 113 Å². The summed E-state index contributed by atoms with van der Waals surface area (Å²) in [5.41, 5.74) is 6.37. The van der Waals surface area contributed by atoms with E-state index >= 15 is 0 Å². The number of hydrogen-bond acceptors (Lipinski definition) is 5. The van der Waals surface area contributed by atoms with Crippen molar-refractivity contribution in [3.63, 3.8) is 0 Å². The Hall–Kier alpha value is -1.85. The highest BCUT2D eigenvalue weighted by molar-refractivity contribution is 5.83. The van der Waals surface area contributed by atoms with E-state index in [-0.39, 0.29) is 11.9 Å². The number of nitrogens with two attached hydrogens (primary N) is 1. The molecule has 2 heterocycles. The van der Waals surface area contributed by atoms with Crippen molar-refractivity contribution in [3.8, 4) is 0 Å². The van der Waals surface area contributed by atoms with Crippen LogP contribution in [0.1, 0.15) is 31.9 Å². The monoisotopic (exact) mass is 263 g/mol. The summed E-state index contributed by atoms with van der Waals surface area (Å²) in [7, 11) is 0. The van der Waals surface area contributed by atoms with E-state index < -0.39 is 0 Å². The molecule has 0 bridgehead atoms. The maximum absolute atomic E-state index is 11.6. The second kappa shape index (κ2) is 5.86. The lowest BCUT2D eigenvalue weighted by Gasteiger charge is -2.34. The molecular weight excluding hydrogens is 242 g/mol. The quantitative estimate of drug-likeness (QED) is 0.848. The molecule has 6 nitrogen and oxygen atoms in total. The van der Waals surface area contributed by atoms with Crippen LogP contribution in [0.15, 0.2) is 6.07 Å². The van der Waals surface area contributed by atoms with E-state index in [1.54, 1.807) is 0 Å². The summed E-state index contributed by atoms with van der Waals surface area (Å²) in [5.74, 6) is 1.11. The van der Waals surface area contributed by atoms with Gasteiger partial charge in [-0.15, -0.1) is 0 Å². The molecule has 104 valence electrons. The predicted molar refractivity (Wildman–Crippen MR) is 75.1 cm³/mol. The van der Waals surface area contributed by atoms with Gasteiger partial charge in [-0.25, -0.2) is 4.98 Å². The summed E-state index contributed by atoms with van der Waals surface area (Å²) in [6.45, 7) is 5.51. The van der Waals surface area contributed by atoms with Crippen LogP contribution in [0.3, 0.4) is 0 Å². The minimum absolute atomic E-state index is 0.252. The molecule has 0 aromatic carbocycles. The Morgan fingerprint density at radius 3 is 3.00 bits per heavy atom. The topological polar surface area (TPSA) is 84.1 Å². The third-order valence-electron chi connectivity index (χ3n) is 3.30. The number of primary amides is 1. The Morgan fingerprint density at radius 1 is 1.53 bits per heavy atom. The molecule has 1 unspecified atom stereocenters. The summed E-state index contributed by atoms with van der Waals surface area (Å²) in [4.78, 5) is 22.4. The Balaban J connectivity index is 2.30. The highest BCUT2D eigenvalue weighted by Crippen LogP contribution is 2.24. The summed E-state index contributed by atoms with van der Waals surface area (Å²) in [6.07, 6.45) is 2.90. The number of amides is 1. The SMILES string of the molecule is CCNc1nc(C)cc(N2CCCCC2C(N)=O)n1. The molecule has 0 spiro atoms. The fourth-order valence-electron chi connectivity index (χ4n) is 2.44. The van der Waals surface area contributed by atoms with Crippen molar-refractivity contribution in [2.75, 3.05) is 23.3 Å². The first-order valence-electron chi connectivity index (χ1n) is 6.77. The van der Waals surface area contributed by atoms with Crippen molar-refractivity contribution in [2.45, 2.75) is 39.2 Å². The zero-order chi connectivity index (χ0) is 13.8. The highest BCUT2D eigenvalue weighted by atomic mass is 16.1. The molecule has 1 aromatic heterocycles. The third kappa shape index (κ3) is 3.13. The normalized spacial score (nSPS) is 19.3. The summed E-state index contributed by atoms with van der Waals surface area (Å²) in [5, 5.41) is 3.11. The highest BCUT2D eigenvalue weighted by Gasteiger charge is 2.28. The van der Waals surface area contributed by atoms with E-state index in [1.807, 2.05) is 24.8 Å². The molecule has 1 aliphatic rings. The van der Waals surface area contributed by atoms with E-state index in [0.717, 1.165) is 43.9 Å². The number of piperidine rings is 1. The van der Waals surface area contributed by atoms with Crippen molar-refractivity contribution in [1.82, 2.24) is 9.97 Å². The van der Waals surface area contributed by atoms with E-state index in [0.29, 0.717) is 5.95 Å². The van der Waals surface area contributed by atoms with Crippen LogP contribution in [0.4, 0.5) is 11.8 Å². The molecule has 0 aliphatic carbocycles. The summed E-state index contributed by atoms with van der Waals surface area (Å²) in [6, 6.07) is 1.65. The lowest BCUT2D eigenvalue weighted by atomic mass is 10.0. The average Bonchev–Trinajstić information content (AvgIpc) is 2.38. The van der Waals surface area contributed by atoms with E-state index in [9.17, 15) is 4.79 Å². The zero-order valence-electron chi connectivity index (χ0n) is 11.5. The van der Waals surface area contributed by atoms with Gasteiger partial charge in [0.1, 0.15) is 11.9 Å². The lowest BCUT2D eigenvalue weighted by Crippen LogP contribution is -2.48. The van der Waals surface area contributed by atoms with Crippen LogP contribution in [0.25, 0.3) is 0 Å². The van der Waals surface area contributed by atoms with E-state index in [2.05, 4.69) is 15.3 Å². The number of nitrogens with one attached hydrogen (secondary N) is 1. The van der Waals surface area contributed by atoms with Crippen LogP contribution in [0.5, 0.6) is 0 Å². The van der Waals surface area contributed by atoms with Gasteiger partial charge in [0, 0.05) is 24.8 Å². The largest absolute Gasteiger partial charge is 0.368 e. The van der Waals surface area contributed by atoms with Gasteiger partial charge >= 0.3 is 0 Å². The number of aromatic nitrogens is 2. The van der Waals surface area contributed by atoms with Crippen LogP contribution < -0.4 is 16.0 Å². The van der Waals surface area contributed by atoms with Gasteiger partial charge in [-0.2, -0.15) is 4.98 Å². The molecule has 1 amide bonds. The molecule has 6 heteroatoms. The predicted octanol–water partition coefficient (Wildman–Crippen LogP) is 1.06. The molecule has 1 aliphatic heterocycles. The van der Waals surface area contributed by atoms with Gasteiger partial charge in [0.25, 0.3) is 0 Å². The Morgan fingerprint density at radius 2 is 2.32 bits per heavy atom. The van der Waals surface area contributed by atoms with Crippen molar-refractivity contribution < 1.29 is 4.79 Å². The smallest absolute Gasteiger partial charge is 0.240 e. The van der Waals surface area contributed by atoms with Crippen molar-refractivity contribution in [1.29, 1.82) is 0 Å². The van der Waals surface area contributed by atoms with Crippen molar-refractivity contribution >= 4 is 17.7 Å². The van der Waals surface area contributed by atoms with Gasteiger partial charge in [-0.05, 0) is 33.1 Å². The minimum Gasteiger partial charge on any atom is -0.368 e.